The summed E-state index contributed by atoms with van der Waals surface area (Å²) in [5.41, 5.74) is 5.83. The van der Waals surface area contributed by atoms with E-state index in [0.717, 1.165) is 24.3 Å². The van der Waals surface area contributed by atoms with Crippen LogP contribution in [-0.4, -0.2) is 21.8 Å². The molecule has 2 rings (SSSR count). The SMILES string of the molecule is CCn1nc(C)c(-c2cncc(CNC)c2)c1C. The fourth-order valence-electron chi connectivity index (χ4n) is 2.35. The van der Waals surface area contributed by atoms with Gasteiger partial charge >= 0.3 is 0 Å². The third-order valence-electron chi connectivity index (χ3n) is 3.15. The Morgan fingerprint density at radius 3 is 2.67 bits per heavy atom. The van der Waals surface area contributed by atoms with E-state index in [1.54, 1.807) is 0 Å². The Kier molecular flexibility index (Phi) is 3.77. The summed E-state index contributed by atoms with van der Waals surface area (Å²) < 4.78 is 2.04. The Morgan fingerprint density at radius 1 is 1.28 bits per heavy atom. The predicted molar refractivity (Wildman–Crippen MR) is 73.4 cm³/mol. The molecule has 18 heavy (non-hydrogen) atoms. The van der Waals surface area contributed by atoms with Crippen LogP contribution in [0, 0.1) is 13.8 Å². The molecule has 0 atom stereocenters. The zero-order valence-electron chi connectivity index (χ0n) is 11.5. The Labute approximate surface area is 108 Å². The standard InChI is InChI=1S/C14H20N4/c1-5-18-11(3)14(10(2)17-18)13-6-12(7-15-4)8-16-9-13/h6,8-9,15H,5,7H2,1-4H3. The van der Waals surface area contributed by atoms with Crippen LogP contribution in [0.5, 0.6) is 0 Å². The molecule has 2 aromatic heterocycles. The summed E-state index contributed by atoms with van der Waals surface area (Å²) in [6, 6.07) is 2.18. The van der Waals surface area contributed by atoms with Gasteiger partial charge in [0.2, 0.25) is 0 Å². The van der Waals surface area contributed by atoms with Crippen LogP contribution in [0.1, 0.15) is 23.9 Å². The van der Waals surface area contributed by atoms with Gasteiger partial charge in [0.1, 0.15) is 0 Å². The Balaban J connectivity index is 2.48. The van der Waals surface area contributed by atoms with Gasteiger partial charge in [-0.25, -0.2) is 0 Å². The Hall–Kier alpha value is -1.68. The molecular formula is C14H20N4. The second kappa shape index (κ2) is 5.31. The van der Waals surface area contributed by atoms with Gasteiger partial charge in [0.15, 0.2) is 0 Å². The summed E-state index contributed by atoms with van der Waals surface area (Å²) in [5.74, 6) is 0. The highest BCUT2D eigenvalue weighted by Gasteiger charge is 2.13. The molecule has 0 bridgehead atoms. The second-order valence-corrected chi connectivity index (χ2v) is 4.47. The van der Waals surface area contributed by atoms with Crippen LogP contribution >= 0.6 is 0 Å². The van der Waals surface area contributed by atoms with E-state index < -0.39 is 0 Å². The van der Waals surface area contributed by atoms with Crippen LogP contribution in [0.4, 0.5) is 0 Å². The van der Waals surface area contributed by atoms with Crippen LogP contribution in [0.2, 0.25) is 0 Å². The molecular weight excluding hydrogens is 224 g/mol. The topological polar surface area (TPSA) is 42.7 Å². The molecule has 0 saturated carbocycles. The minimum Gasteiger partial charge on any atom is -0.316 e. The molecule has 4 heteroatoms. The molecule has 0 aliphatic heterocycles. The van der Waals surface area contributed by atoms with E-state index in [1.807, 2.05) is 24.1 Å². The van der Waals surface area contributed by atoms with E-state index in [4.69, 9.17) is 0 Å². The molecule has 0 aliphatic carbocycles. The first kappa shape index (κ1) is 12.8. The Bertz CT molecular complexity index is 543. The van der Waals surface area contributed by atoms with Crippen LogP contribution < -0.4 is 5.32 Å². The Morgan fingerprint density at radius 2 is 2.06 bits per heavy atom. The zero-order valence-corrected chi connectivity index (χ0v) is 11.5. The number of aryl methyl sites for hydroxylation is 2. The lowest BCUT2D eigenvalue weighted by atomic mass is 10.0. The third-order valence-corrected chi connectivity index (χ3v) is 3.15. The first-order valence-electron chi connectivity index (χ1n) is 6.30. The van der Waals surface area contributed by atoms with Gasteiger partial charge in [-0.05, 0) is 39.4 Å². The first-order valence-corrected chi connectivity index (χ1v) is 6.30. The monoisotopic (exact) mass is 244 g/mol. The third kappa shape index (κ3) is 2.29. The van der Waals surface area contributed by atoms with Gasteiger partial charge in [0.25, 0.3) is 0 Å². The molecule has 96 valence electrons. The van der Waals surface area contributed by atoms with Crippen molar-refractivity contribution in [3.63, 3.8) is 0 Å². The van der Waals surface area contributed by atoms with Gasteiger partial charge in [-0.1, -0.05) is 0 Å². The smallest absolute Gasteiger partial charge is 0.0675 e. The molecule has 2 aromatic rings. The van der Waals surface area contributed by atoms with Gasteiger partial charge in [0, 0.05) is 42.3 Å². The van der Waals surface area contributed by atoms with Crippen molar-refractivity contribution in [3.05, 3.63) is 35.4 Å². The largest absolute Gasteiger partial charge is 0.316 e. The summed E-state index contributed by atoms with van der Waals surface area (Å²) in [6.45, 7) is 8.01. The summed E-state index contributed by atoms with van der Waals surface area (Å²) in [5, 5.41) is 7.70. The van der Waals surface area contributed by atoms with Crippen molar-refractivity contribution in [2.24, 2.45) is 0 Å². The van der Waals surface area contributed by atoms with Gasteiger partial charge in [-0.2, -0.15) is 5.10 Å². The van der Waals surface area contributed by atoms with Crippen molar-refractivity contribution < 1.29 is 0 Å². The molecule has 0 radical (unpaired) electrons. The van der Waals surface area contributed by atoms with E-state index in [2.05, 4.69) is 42.2 Å². The van der Waals surface area contributed by atoms with Crippen molar-refractivity contribution >= 4 is 0 Å². The molecule has 0 spiro atoms. The van der Waals surface area contributed by atoms with E-state index in [-0.39, 0.29) is 0 Å². The fraction of sp³-hybridized carbons (Fsp3) is 0.429. The van der Waals surface area contributed by atoms with Gasteiger partial charge in [0.05, 0.1) is 5.69 Å². The summed E-state index contributed by atoms with van der Waals surface area (Å²) in [4.78, 5) is 4.32. The molecule has 2 heterocycles. The molecule has 1 N–H and O–H groups in total. The van der Waals surface area contributed by atoms with Crippen LogP contribution in [0.3, 0.4) is 0 Å². The van der Waals surface area contributed by atoms with Crippen molar-refractivity contribution in [2.75, 3.05) is 7.05 Å². The molecule has 0 amide bonds. The fourth-order valence-corrected chi connectivity index (χ4v) is 2.35. The number of nitrogens with one attached hydrogen (secondary N) is 1. The summed E-state index contributed by atoms with van der Waals surface area (Å²) in [6.07, 6.45) is 3.81. The van der Waals surface area contributed by atoms with Crippen molar-refractivity contribution in [3.8, 4) is 11.1 Å². The van der Waals surface area contributed by atoms with Crippen molar-refractivity contribution in [1.29, 1.82) is 0 Å². The van der Waals surface area contributed by atoms with Gasteiger partial charge in [-0.3, -0.25) is 9.67 Å². The molecule has 0 fully saturated rings. The van der Waals surface area contributed by atoms with Crippen molar-refractivity contribution in [2.45, 2.75) is 33.9 Å². The second-order valence-electron chi connectivity index (χ2n) is 4.47. The lowest BCUT2D eigenvalue weighted by molar-refractivity contribution is 0.634. The number of hydrogen-bond donors (Lipinski definition) is 1. The maximum absolute atomic E-state index is 4.55. The maximum Gasteiger partial charge on any atom is 0.0675 e. The van der Waals surface area contributed by atoms with Gasteiger partial charge < -0.3 is 5.32 Å². The summed E-state index contributed by atoms with van der Waals surface area (Å²) >= 11 is 0. The lowest BCUT2D eigenvalue weighted by Crippen LogP contribution is -2.05. The van der Waals surface area contributed by atoms with Crippen LogP contribution in [0.25, 0.3) is 11.1 Å². The summed E-state index contributed by atoms with van der Waals surface area (Å²) in [7, 11) is 1.94. The molecule has 4 nitrogen and oxygen atoms in total. The van der Waals surface area contributed by atoms with E-state index in [9.17, 15) is 0 Å². The number of hydrogen-bond acceptors (Lipinski definition) is 3. The van der Waals surface area contributed by atoms with E-state index in [1.165, 1.54) is 16.8 Å². The predicted octanol–water partition coefficient (Wildman–Crippen LogP) is 2.30. The molecule has 0 unspecified atom stereocenters. The quantitative estimate of drug-likeness (QED) is 0.897. The molecule has 0 aliphatic rings. The number of rotatable bonds is 4. The first-order chi connectivity index (χ1) is 8.67. The molecule has 0 aromatic carbocycles. The average Bonchev–Trinajstić information content (AvgIpc) is 2.65. The average molecular weight is 244 g/mol. The van der Waals surface area contributed by atoms with E-state index >= 15 is 0 Å². The minimum atomic E-state index is 0.834. The zero-order chi connectivity index (χ0) is 13.1. The number of aromatic nitrogens is 3. The van der Waals surface area contributed by atoms with E-state index in [0.29, 0.717) is 0 Å². The van der Waals surface area contributed by atoms with Crippen molar-refractivity contribution in [1.82, 2.24) is 20.1 Å². The maximum atomic E-state index is 4.55. The van der Waals surface area contributed by atoms with Gasteiger partial charge in [-0.15, -0.1) is 0 Å². The normalized spacial score (nSPS) is 10.9. The molecule has 0 saturated heterocycles. The highest BCUT2D eigenvalue weighted by molar-refractivity contribution is 5.68. The van der Waals surface area contributed by atoms with Crippen LogP contribution in [-0.2, 0) is 13.1 Å². The lowest BCUT2D eigenvalue weighted by Gasteiger charge is -2.05. The number of nitrogens with zero attached hydrogens (tertiary/aromatic N) is 3. The highest BCUT2D eigenvalue weighted by atomic mass is 15.3. The highest BCUT2D eigenvalue weighted by Crippen LogP contribution is 2.26. The minimum absolute atomic E-state index is 0.834. The van der Waals surface area contributed by atoms with Crippen LogP contribution in [0.15, 0.2) is 18.5 Å². The number of pyridine rings is 1.